The lowest BCUT2D eigenvalue weighted by molar-refractivity contribution is -0.116. The highest BCUT2D eigenvalue weighted by Gasteiger charge is 2.10. The lowest BCUT2D eigenvalue weighted by atomic mass is 10.1. The van der Waals surface area contributed by atoms with E-state index < -0.39 is 5.91 Å². The van der Waals surface area contributed by atoms with Gasteiger partial charge in [0.2, 0.25) is 0 Å². The number of rotatable bonds is 7. The highest BCUT2D eigenvalue weighted by Crippen LogP contribution is 2.25. The van der Waals surface area contributed by atoms with E-state index >= 15 is 0 Å². The largest absolute Gasteiger partial charge is 0.493 e. The van der Waals surface area contributed by atoms with Crippen LogP contribution in [0.4, 0.5) is 0 Å². The van der Waals surface area contributed by atoms with Crippen molar-refractivity contribution in [2.45, 2.75) is 13.3 Å². The zero-order chi connectivity index (χ0) is 15.7. The molecule has 21 heavy (non-hydrogen) atoms. The molecule has 0 unspecified atom stereocenters. The molecule has 0 heterocycles. The van der Waals surface area contributed by atoms with E-state index in [1.54, 1.807) is 6.08 Å². The second kappa shape index (κ2) is 8.98. The van der Waals surface area contributed by atoms with Crippen LogP contribution in [0.3, 0.4) is 0 Å². The average molecular weight is 349 g/mol. The molecule has 1 amide bonds. The monoisotopic (exact) mass is 348 g/mol. The van der Waals surface area contributed by atoms with Gasteiger partial charge in [-0.3, -0.25) is 4.79 Å². The van der Waals surface area contributed by atoms with E-state index in [9.17, 15) is 4.79 Å². The van der Waals surface area contributed by atoms with Crippen molar-refractivity contribution >= 4 is 27.9 Å². The van der Waals surface area contributed by atoms with Gasteiger partial charge in [-0.25, -0.2) is 0 Å². The summed E-state index contributed by atoms with van der Waals surface area (Å²) in [5.41, 5.74) is 0.708. The minimum absolute atomic E-state index is 0.0244. The Morgan fingerprint density at radius 1 is 1.57 bits per heavy atom. The standard InChI is InChI=1S/C16H17BrN2O2/c1-3-7-19-16(20)13(11-18)9-12-10-14(17)5-6-15(12)21-8-4-2/h3,5-6,9-10H,1,4,7-8H2,2H3,(H,19,20)/b13-9+. The highest BCUT2D eigenvalue weighted by atomic mass is 79.9. The SMILES string of the molecule is C=CCNC(=O)/C(C#N)=C/c1cc(Br)ccc1OCCC. The molecule has 4 nitrogen and oxygen atoms in total. The number of carbonyl (C=O) groups excluding carboxylic acids is 1. The van der Waals surface area contributed by atoms with E-state index in [1.807, 2.05) is 31.2 Å². The fourth-order valence-corrected chi connectivity index (χ4v) is 1.92. The summed E-state index contributed by atoms with van der Waals surface area (Å²) >= 11 is 3.37. The van der Waals surface area contributed by atoms with Crippen LogP contribution in [-0.4, -0.2) is 19.1 Å². The van der Waals surface area contributed by atoms with Crippen LogP contribution >= 0.6 is 15.9 Å². The average Bonchev–Trinajstić information content (AvgIpc) is 2.49. The lowest BCUT2D eigenvalue weighted by Crippen LogP contribution is -2.24. The van der Waals surface area contributed by atoms with Crippen molar-refractivity contribution < 1.29 is 9.53 Å². The zero-order valence-electron chi connectivity index (χ0n) is 11.9. The summed E-state index contributed by atoms with van der Waals surface area (Å²) in [4.78, 5) is 11.8. The molecule has 0 aromatic heterocycles. The van der Waals surface area contributed by atoms with Gasteiger partial charge in [0.1, 0.15) is 17.4 Å². The van der Waals surface area contributed by atoms with E-state index in [1.165, 1.54) is 6.08 Å². The van der Waals surface area contributed by atoms with Gasteiger partial charge in [0, 0.05) is 16.6 Å². The van der Waals surface area contributed by atoms with Crippen molar-refractivity contribution in [1.82, 2.24) is 5.32 Å². The van der Waals surface area contributed by atoms with Crippen LogP contribution in [0.1, 0.15) is 18.9 Å². The fourth-order valence-electron chi connectivity index (χ4n) is 1.54. The minimum Gasteiger partial charge on any atom is -0.493 e. The second-order valence-electron chi connectivity index (χ2n) is 4.20. The quantitative estimate of drug-likeness (QED) is 0.466. The van der Waals surface area contributed by atoms with Gasteiger partial charge < -0.3 is 10.1 Å². The van der Waals surface area contributed by atoms with Gasteiger partial charge in [-0.05, 0) is 30.7 Å². The van der Waals surface area contributed by atoms with Crippen molar-refractivity contribution in [2.24, 2.45) is 0 Å². The number of hydrogen-bond acceptors (Lipinski definition) is 3. The molecule has 0 fully saturated rings. The number of carbonyl (C=O) groups is 1. The summed E-state index contributed by atoms with van der Waals surface area (Å²) in [6.07, 6.45) is 3.96. The summed E-state index contributed by atoms with van der Waals surface area (Å²) in [7, 11) is 0. The molecule has 0 radical (unpaired) electrons. The van der Waals surface area contributed by atoms with E-state index in [4.69, 9.17) is 10.00 Å². The molecule has 0 saturated heterocycles. The summed E-state index contributed by atoms with van der Waals surface area (Å²) in [5, 5.41) is 11.7. The zero-order valence-corrected chi connectivity index (χ0v) is 13.4. The van der Waals surface area contributed by atoms with Crippen LogP contribution in [0.5, 0.6) is 5.75 Å². The molecule has 0 aliphatic carbocycles. The highest BCUT2D eigenvalue weighted by molar-refractivity contribution is 9.10. The van der Waals surface area contributed by atoms with E-state index in [-0.39, 0.29) is 5.57 Å². The molecule has 1 aromatic rings. The third-order valence-corrected chi connectivity index (χ3v) is 3.00. The Morgan fingerprint density at radius 2 is 2.33 bits per heavy atom. The van der Waals surface area contributed by atoms with Gasteiger partial charge >= 0.3 is 0 Å². The Hall–Kier alpha value is -2.06. The summed E-state index contributed by atoms with van der Waals surface area (Å²) in [6, 6.07) is 7.38. The number of ether oxygens (including phenoxy) is 1. The van der Waals surface area contributed by atoms with Crippen molar-refractivity contribution in [3.05, 3.63) is 46.5 Å². The van der Waals surface area contributed by atoms with Crippen LogP contribution < -0.4 is 10.1 Å². The third kappa shape index (κ3) is 5.44. The molecule has 0 aliphatic heterocycles. The molecule has 0 saturated carbocycles. The van der Waals surface area contributed by atoms with Crippen molar-refractivity contribution in [3.8, 4) is 11.8 Å². The Kier molecular flexibility index (Phi) is 7.27. The number of nitrogens with one attached hydrogen (secondary N) is 1. The van der Waals surface area contributed by atoms with E-state index in [0.29, 0.717) is 24.5 Å². The predicted molar refractivity (Wildman–Crippen MR) is 86.7 cm³/mol. The molecule has 110 valence electrons. The molecule has 0 aliphatic rings. The first-order valence-corrected chi connectivity index (χ1v) is 7.35. The maximum Gasteiger partial charge on any atom is 0.262 e. The van der Waals surface area contributed by atoms with Crippen molar-refractivity contribution in [1.29, 1.82) is 5.26 Å². The molecule has 1 N–H and O–H groups in total. The summed E-state index contributed by atoms with van der Waals surface area (Å²) in [6.45, 7) is 6.42. The number of halogens is 1. The topological polar surface area (TPSA) is 62.1 Å². The van der Waals surface area contributed by atoms with Gasteiger partial charge in [-0.1, -0.05) is 28.9 Å². The van der Waals surface area contributed by atoms with Gasteiger partial charge in [0.05, 0.1) is 6.61 Å². The van der Waals surface area contributed by atoms with Crippen LogP contribution in [0.25, 0.3) is 6.08 Å². The third-order valence-electron chi connectivity index (χ3n) is 2.51. The van der Waals surface area contributed by atoms with Crippen LogP contribution in [-0.2, 0) is 4.79 Å². The first-order chi connectivity index (χ1) is 10.1. The Labute approximate surface area is 133 Å². The molecular formula is C16H17BrN2O2. The molecule has 0 spiro atoms. The van der Waals surface area contributed by atoms with Crippen LogP contribution in [0, 0.1) is 11.3 Å². The second-order valence-corrected chi connectivity index (χ2v) is 5.11. The minimum atomic E-state index is -0.432. The number of nitriles is 1. The van der Waals surface area contributed by atoms with E-state index in [0.717, 1.165) is 10.9 Å². The number of amides is 1. The smallest absolute Gasteiger partial charge is 0.262 e. The predicted octanol–water partition coefficient (Wildman–Crippen LogP) is 3.45. The van der Waals surface area contributed by atoms with Gasteiger partial charge in [0.15, 0.2) is 0 Å². The maximum atomic E-state index is 11.8. The first-order valence-electron chi connectivity index (χ1n) is 6.55. The molecular weight excluding hydrogens is 332 g/mol. The first kappa shape index (κ1) is 17.0. The Morgan fingerprint density at radius 3 is 2.95 bits per heavy atom. The van der Waals surface area contributed by atoms with Gasteiger partial charge in [-0.15, -0.1) is 6.58 Å². The van der Waals surface area contributed by atoms with E-state index in [2.05, 4.69) is 27.8 Å². The Balaban J connectivity index is 3.08. The maximum absolute atomic E-state index is 11.8. The number of benzene rings is 1. The molecule has 0 atom stereocenters. The van der Waals surface area contributed by atoms with Crippen LogP contribution in [0.2, 0.25) is 0 Å². The lowest BCUT2D eigenvalue weighted by Gasteiger charge is -2.09. The van der Waals surface area contributed by atoms with Crippen molar-refractivity contribution in [3.63, 3.8) is 0 Å². The van der Waals surface area contributed by atoms with Gasteiger partial charge in [0.25, 0.3) is 5.91 Å². The molecule has 5 heteroatoms. The molecule has 0 bridgehead atoms. The van der Waals surface area contributed by atoms with Crippen molar-refractivity contribution in [2.75, 3.05) is 13.2 Å². The number of hydrogen-bond donors (Lipinski definition) is 1. The summed E-state index contributed by atoms with van der Waals surface area (Å²) in [5.74, 6) is 0.211. The number of nitrogens with zero attached hydrogens (tertiary/aromatic N) is 1. The normalized spacial score (nSPS) is 10.6. The fraction of sp³-hybridized carbons (Fsp3) is 0.250. The van der Waals surface area contributed by atoms with Gasteiger partial charge in [-0.2, -0.15) is 5.26 Å². The Bertz CT molecular complexity index is 588. The summed E-state index contributed by atoms with van der Waals surface area (Å²) < 4.78 is 6.47. The van der Waals surface area contributed by atoms with Crippen LogP contribution in [0.15, 0.2) is 40.9 Å². The molecule has 1 rings (SSSR count). The molecule has 1 aromatic carbocycles.